The summed E-state index contributed by atoms with van der Waals surface area (Å²) in [5.74, 6) is -3.28. The molecule has 0 amide bonds. The number of hydrogen-bond acceptors (Lipinski definition) is 6. The lowest BCUT2D eigenvalue weighted by atomic mass is 10.2. The van der Waals surface area contributed by atoms with Crippen LogP contribution in [-0.2, 0) is 28.7 Å². The number of hydrogen-bond donors (Lipinski definition) is 0. The molecule has 6 heteroatoms. The van der Waals surface area contributed by atoms with Gasteiger partial charge in [-0.2, -0.15) is 0 Å². The van der Waals surface area contributed by atoms with Gasteiger partial charge in [0.25, 0.3) is 0 Å². The van der Waals surface area contributed by atoms with Crippen LogP contribution in [0.25, 0.3) is 0 Å². The van der Waals surface area contributed by atoms with Gasteiger partial charge in [0, 0.05) is 12.8 Å². The van der Waals surface area contributed by atoms with Gasteiger partial charge < -0.3 is 9.47 Å². The monoisotopic (exact) mass is 300 g/mol. The lowest BCUT2D eigenvalue weighted by Gasteiger charge is -2.03. The fourth-order valence-electron chi connectivity index (χ4n) is 1.58. The zero-order chi connectivity index (χ0) is 16.1. The molecule has 0 saturated carbocycles. The van der Waals surface area contributed by atoms with Crippen molar-refractivity contribution in [3.63, 3.8) is 0 Å². The molecule has 0 aromatic rings. The zero-order valence-electron chi connectivity index (χ0n) is 12.8. The third kappa shape index (κ3) is 11.8. The Hall–Kier alpha value is -1.72. The van der Waals surface area contributed by atoms with Crippen LogP contribution in [0.1, 0.15) is 71.6 Å². The van der Waals surface area contributed by atoms with Crippen LogP contribution in [0.4, 0.5) is 0 Å². The fourth-order valence-corrected chi connectivity index (χ4v) is 1.58. The summed E-state index contributed by atoms with van der Waals surface area (Å²) in [6, 6.07) is 0. The Bertz CT molecular complexity index is 327. The minimum Gasteiger partial charge on any atom is -0.393 e. The zero-order valence-corrected chi connectivity index (χ0v) is 12.8. The third-order valence-electron chi connectivity index (χ3n) is 2.71. The van der Waals surface area contributed by atoms with Gasteiger partial charge in [0.1, 0.15) is 6.42 Å². The average Bonchev–Trinajstić information content (AvgIpc) is 2.38. The Morgan fingerprint density at radius 3 is 1.33 bits per heavy atom. The summed E-state index contributed by atoms with van der Waals surface area (Å²) < 4.78 is 8.92. The molecule has 0 rings (SSSR count). The molecule has 0 radical (unpaired) electrons. The SMILES string of the molecule is CCCCCC(=O)OC(=O)CC(=O)OC(=O)CCCCC. The Kier molecular flexibility index (Phi) is 11.1. The molecule has 0 aliphatic carbocycles. The van der Waals surface area contributed by atoms with E-state index < -0.39 is 30.3 Å². The van der Waals surface area contributed by atoms with Gasteiger partial charge >= 0.3 is 23.9 Å². The molecule has 120 valence electrons. The Morgan fingerprint density at radius 2 is 1.00 bits per heavy atom. The van der Waals surface area contributed by atoms with Gasteiger partial charge in [-0.05, 0) is 12.8 Å². The van der Waals surface area contributed by atoms with E-state index in [0.717, 1.165) is 25.7 Å². The summed E-state index contributed by atoms with van der Waals surface area (Å²) in [6.45, 7) is 3.98. The number of carbonyl (C=O) groups excluding carboxylic acids is 4. The second kappa shape index (κ2) is 12.1. The van der Waals surface area contributed by atoms with Crippen molar-refractivity contribution in [3.8, 4) is 0 Å². The maximum absolute atomic E-state index is 11.3. The molecule has 0 unspecified atom stereocenters. The first-order valence-corrected chi connectivity index (χ1v) is 7.46. The van der Waals surface area contributed by atoms with Crippen molar-refractivity contribution in [2.45, 2.75) is 71.6 Å². The molecule has 0 N–H and O–H groups in total. The highest BCUT2D eigenvalue weighted by atomic mass is 16.6. The van der Waals surface area contributed by atoms with Crippen molar-refractivity contribution in [1.82, 2.24) is 0 Å². The molecule has 0 aliphatic heterocycles. The summed E-state index contributed by atoms with van der Waals surface area (Å²) in [6.07, 6.45) is 4.50. The lowest BCUT2D eigenvalue weighted by molar-refractivity contribution is -0.165. The number of esters is 4. The highest BCUT2D eigenvalue weighted by Gasteiger charge is 2.18. The van der Waals surface area contributed by atoms with Crippen molar-refractivity contribution >= 4 is 23.9 Å². The molecule has 0 spiro atoms. The molecule has 0 saturated heterocycles. The van der Waals surface area contributed by atoms with Crippen molar-refractivity contribution in [3.05, 3.63) is 0 Å². The first-order chi connectivity index (χ1) is 9.99. The maximum Gasteiger partial charge on any atom is 0.324 e. The van der Waals surface area contributed by atoms with E-state index >= 15 is 0 Å². The van der Waals surface area contributed by atoms with Crippen LogP contribution in [0, 0.1) is 0 Å². The van der Waals surface area contributed by atoms with E-state index in [4.69, 9.17) is 0 Å². The van der Waals surface area contributed by atoms with Crippen LogP contribution >= 0.6 is 0 Å². The smallest absolute Gasteiger partial charge is 0.324 e. The van der Waals surface area contributed by atoms with Crippen LogP contribution < -0.4 is 0 Å². The van der Waals surface area contributed by atoms with Gasteiger partial charge in [-0.15, -0.1) is 0 Å². The number of rotatable bonds is 10. The quantitative estimate of drug-likeness (QED) is 0.350. The second-order valence-electron chi connectivity index (χ2n) is 4.78. The van der Waals surface area contributed by atoms with E-state index in [1.807, 2.05) is 13.8 Å². The molecule has 0 aromatic carbocycles. The highest BCUT2D eigenvalue weighted by Crippen LogP contribution is 2.04. The fraction of sp³-hybridized carbons (Fsp3) is 0.733. The van der Waals surface area contributed by atoms with Gasteiger partial charge in [0.05, 0.1) is 0 Å². The molecule has 0 fully saturated rings. The van der Waals surface area contributed by atoms with Crippen molar-refractivity contribution < 1.29 is 28.7 Å². The minimum absolute atomic E-state index is 0.143. The van der Waals surface area contributed by atoms with Crippen molar-refractivity contribution in [1.29, 1.82) is 0 Å². The van der Waals surface area contributed by atoms with Crippen LogP contribution in [0.2, 0.25) is 0 Å². The Morgan fingerprint density at radius 1 is 0.619 bits per heavy atom. The van der Waals surface area contributed by atoms with Gasteiger partial charge in [-0.1, -0.05) is 39.5 Å². The van der Waals surface area contributed by atoms with Gasteiger partial charge in [-0.25, -0.2) is 0 Å². The molecular formula is C15H24O6. The molecule has 0 atom stereocenters. The van der Waals surface area contributed by atoms with Crippen LogP contribution in [0.15, 0.2) is 0 Å². The lowest BCUT2D eigenvalue weighted by Crippen LogP contribution is -2.19. The summed E-state index contributed by atoms with van der Waals surface area (Å²) in [7, 11) is 0. The van der Waals surface area contributed by atoms with Crippen LogP contribution in [0.5, 0.6) is 0 Å². The summed E-state index contributed by atoms with van der Waals surface area (Å²) >= 11 is 0. The average molecular weight is 300 g/mol. The summed E-state index contributed by atoms with van der Waals surface area (Å²) in [5.41, 5.74) is 0. The number of ether oxygens (including phenoxy) is 2. The number of carbonyl (C=O) groups is 4. The molecule has 0 aromatic heterocycles. The predicted octanol–water partition coefficient (Wildman–Crippen LogP) is 2.68. The third-order valence-corrected chi connectivity index (χ3v) is 2.71. The first kappa shape index (κ1) is 19.3. The Balaban J connectivity index is 3.85. The second-order valence-corrected chi connectivity index (χ2v) is 4.78. The maximum atomic E-state index is 11.3. The molecule has 21 heavy (non-hydrogen) atoms. The summed E-state index contributed by atoms with van der Waals surface area (Å²) in [4.78, 5) is 45.1. The molecular weight excluding hydrogens is 276 g/mol. The van der Waals surface area contributed by atoms with E-state index in [1.165, 1.54) is 0 Å². The van der Waals surface area contributed by atoms with Gasteiger partial charge in [0.2, 0.25) is 0 Å². The van der Waals surface area contributed by atoms with Crippen molar-refractivity contribution in [2.75, 3.05) is 0 Å². The molecule has 0 aliphatic rings. The topological polar surface area (TPSA) is 86.7 Å². The highest BCUT2D eigenvalue weighted by molar-refractivity contribution is 5.99. The molecule has 0 bridgehead atoms. The van der Waals surface area contributed by atoms with Gasteiger partial charge in [-0.3, -0.25) is 19.2 Å². The van der Waals surface area contributed by atoms with E-state index in [-0.39, 0.29) is 12.8 Å². The largest absolute Gasteiger partial charge is 0.393 e. The van der Waals surface area contributed by atoms with E-state index in [9.17, 15) is 19.2 Å². The van der Waals surface area contributed by atoms with E-state index in [2.05, 4.69) is 9.47 Å². The van der Waals surface area contributed by atoms with E-state index in [1.54, 1.807) is 0 Å². The standard InChI is InChI=1S/C15H24O6/c1-3-5-7-9-12(16)20-14(18)11-15(19)21-13(17)10-8-6-4-2/h3-11H2,1-2H3. The molecule has 0 heterocycles. The predicted molar refractivity (Wildman–Crippen MR) is 75.1 cm³/mol. The molecule has 6 nitrogen and oxygen atoms in total. The number of unbranched alkanes of at least 4 members (excludes halogenated alkanes) is 4. The van der Waals surface area contributed by atoms with E-state index in [0.29, 0.717) is 12.8 Å². The van der Waals surface area contributed by atoms with Crippen LogP contribution in [-0.4, -0.2) is 23.9 Å². The summed E-state index contributed by atoms with van der Waals surface area (Å²) in [5, 5.41) is 0. The van der Waals surface area contributed by atoms with Crippen molar-refractivity contribution in [2.24, 2.45) is 0 Å². The normalized spacial score (nSPS) is 10.0. The Labute approximate surface area is 125 Å². The van der Waals surface area contributed by atoms with Gasteiger partial charge in [0.15, 0.2) is 0 Å². The minimum atomic E-state index is -0.983. The van der Waals surface area contributed by atoms with Crippen LogP contribution in [0.3, 0.4) is 0 Å². The first-order valence-electron chi connectivity index (χ1n) is 7.46.